The standard InChI is InChI=1S/C15H16Cl2N4O2/c1-2-3-8-21-14(18-19-20-21)10-23-15(22)7-5-11-4-6-12(16)13(17)9-11/h4-7,9H,2-3,8,10H2,1H3/b7-5+. The number of tetrazole rings is 1. The number of benzene rings is 1. The van der Waals surface area contributed by atoms with E-state index in [1.54, 1.807) is 29.0 Å². The van der Waals surface area contributed by atoms with Crippen LogP contribution in [0.5, 0.6) is 0 Å². The minimum atomic E-state index is -0.485. The van der Waals surface area contributed by atoms with Crippen molar-refractivity contribution >= 4 is 35.2 Å². The fraction of sp³-hybridized carbons (Fsp3) is 0.333. The Bertz CT molecular complexity index is 701. The molecule has 0 N–H and O–H groups in total. The van der Waals surface area contributed by atoms with E-state index in [4.69, 9.17) is 27.9 Å². The van der Waals surface area contributed by atoms with Crippen molar-refractivity contribution in [3.05, 3.63) is 45.7 Å². The van der Waals surface area contributed by atoms with Crippen molar-refractivity contribution in [3.63, 3.8) is 0 Å². The number of aromatic nitrogens is 4. The van der Waals surface area contributed by atoms with Gasteiger partial charge < -0.3 is 4.74 Å². The predicted molar refractivity (Wildman–Crippen MR) is 88.0 cm³/mol. The molecular formula is C15H16Cl2N4O2. The van der Waals surface area contributed by atoms with E-state index in [0.29, 0.717) is 22.4 Å². The third kappa shape index (κ3) is 5.33. The van der Waals surface area contributed by atoms with Crippen molar-refractivity contribution in [2.75, 3.05) is 0 Å². The number of unbranched alkanes of at least 4 members (excludes halogenated alkanes) is 1. The molecule has 0 spiro atoms. The van der Waals surface area contributed by atoms with Gasteiger partial charge in [-0.05, 0) is 40.6 Å². The fourth-order valence-corrected chi connectivity index (χ4v) is 2.08. The monoisotopic (exact) mass is 354 g/mol. The Balaban J connectivity index is 1.88. The molecule has 0 unspecified atom stereocenters. The summed E-state index contributed by atoms with van der Waals surface area (Å²) in [6, 6.07) is 5.08. The number of carbonyl (C=O) groups excluding carboxylic acids is 1. The number of rotatable bonds is 7. The van der Waals surface area contributed by atoms with Crippen LogP contribution in [0.1, 0.15) is 31.2 Å². The summed E-state index contributed by atoms with van der Waals surface area (Å²) in [4.78, 5) is 11.7. The molecule has 0 atom stereocenters. The molecule has 2 rings (SSSR count). The van der Waals surface area contributed by atoms with Gasteiger partial charge in [0.1, 0.15) is 0 Å². The summed E-state index contributed by atoms with van der Waals surface area (Å²) >= 11 is 11.7. The van der Waals surface area contributed by atoms with Gasteiger partial charge in [0.05, 0.1) is 10.0 Å². The number of esters is 1. The molecule has 0 amide bonds. The van der Waals surface area contributed by atoms with E-state index in [-0.39, 0.29) is 6.61 Å². The first-order chi connectivity index (χ1) is 11.1. The largest absolute Gasteiger partial charge is 0.454 e. The molecule has 0 aliphatic rings. The molecular weight excluding hydrogens is 339 g/mol. The summed E-state index contributed by atoms with van der Waals surface area (Å²) in [6.07, 6.45) is 4.92. The molecule has 8 heteroatoms. The van der Waals surface area contributed by atoms with E-state index < -0.39 is 5.97 Å². The maximum atomic E-state index is 11.7. The molecule has 1 aromatic carbocycles. The zero-order chi connectivity index (χ0) is 16.7. The van der Waals surface area contributed by atoms with Gasteiger partial charge in [0, 0.05) is 12.6 Å². The molecule has 0 fully saturated rings. The van der Waals surface area contributed by atoms with Crippen molar-refractivity contribution in [1.82, 2.24) is 20.2 Å². The number of nitrogens with zero attached hydrogens (tertiary/aromatic N) is 4. The molecule has 0 aliphatic carbocycles. The molecule has 0 bridgehead atoms. The number of hydrogen-bond acceptors (Lipinski definition) is 5. The van der Waals surface area contributed by atoms with Gasteiger partial charge in [-0.25, -0.2) is 9.48 Å². The lowest BCUT2D eigenvalue weighted by Gasteiger charge is -2.03. The molecule has 1 heterocycles. The molecule has 2 aromatic rings. The van der Waals surface area contributed by atoms with Gasteiger partial charge in [-0.2, -0.15) is 0 Å². The Morgan fingerprint density at radius 2 is 2.17 bits per heavy atom. The van der Waals surface area contributed by atoms with Gasteiger partial charge in [0.25, 0.3) is 0 Å². The van der Waals surface area contributed by atoms with Crippen LogP contribution in [0.25, 0.3) is 6.08 Å². The lowest BCUT2D eigenvalue weighted by Crippen LogP contribution is -2.09. The molecule has 0 saturated heterocycles. The molecule has 0 aliphatic heterocycles. The highest BCUT2D eigenvalue weighted by molar-refractivity contribution is 6.42. The van der Waals surface area contributed by atoms with E-state index in [1.165, 1.54) is 6.08 Å². The van der Waals surface area contributed by atoms with E-state index in [1.807, 2.05) is 0 Å². The van der Waals surface area contributed by atoms with Crippen LogP contribution in [0.4, 0.5) is 0 Å². The van der Waals surface area contributed by atoms with E-state index in [2.05, 4.69) is 22.4 Å². The van der Waals surface area contributed by atoms with Crippen LogP contribution in [0.3, 0.4) is 0 Å². The summed E-state index contributed by atoms with van der Waals surface area (Å²) in [5, 5.41) is 12.2. The first kappa shape index (κ1) is 17.4. The van der Waals surface area contributed by atoms with Crippen molar-refractivity contribution in [2.24, 2.45) is 0 Å². The van der Waals surface area contributed by atoms with Crippen molar-refractivity contribution in [2.45, 2.75) is 32.9 Å². The minimum absolute atomic E-state index is 0.0290. The highest BCUT2D eigenvalue weighted by atomic mass is 35.5. The Morgan fingerprint density at radius 1 is 1.35 bits per heavy atom. The summed E-state index contributed by atoms with van der Waals surface area (Å²) in [7, 11) is 0. The van der Waals surface area contributed by atoms with Gasteiger partial charge in [0.2, 0.25) is 0 Å². The van der Waals surface area contributed by atoms with Gasteiger partial charge in [-0.15, -0.1) is 5.10 Å². The zero-order valence-corrected chi connectivity index (χ0v) is 14.1. The van der Waals surface area contributed by atoms with Crippen molar-refractivity contribution in [1.29, 1.82) is 0 Å². The predicted octanol–water partition coefficient (Wildman–Crippen LogP) is 3.54. The topological polar surface area (TPSA) is 69.9 Å². The molecule has 0 radical (unpaired) electrons. The maximum Gasteiger partial charge on any atom is 0.331 e. The van der Waals surface area contributed by atoms with Crippen LogP contribution in [-0.4, -0.2) is 26.2 Å². The van der Waals surface area contributed by atoms with E-state index in [9.17, 15) is 4.79 Å². The number of hydrogen-bond donors (Lipinski definition) is 0. The lowest BCUT2D eigenvalue weighted by atomic mass is 10.2. The smallest absolute Gasteiger partial charge is 0.331 e. The van der Waals surface area contributed by atoms with Crippen LogP contribution in [0.15, 0.2) is 24.3 Å². The van der Waals surface area contributed by atoms with Gasteiger partial charge >= 0.3 is 5.97 Å². The Kier molecular flexibility index (Phi) is 6.55. The van der Waals surface area contributed by atoms with Gasteiger partial charge in [-0.1, -0.05) is 42.6 Å². The quantitative estimate of drug-likeness (QED) is 0.561. The average Bonchev–Trinajstić information content (AvgIpc) is 2.99. The highest BCUT2D eigenvalue weighted by Gasteiger charge is 2.08. The lowest BCUT2D eigenvalue weighted by molar-refractivity contribution is -0.139. The molecule has 23 heavy (non-hydrogen) atoms. The second kappa shape index (κ2) is 8.64. The van der Waals surface area contributed by atoms with Crippen LogP contribution in [0.2, 0.25) is 10.0 Å². The second-order valence-electron chi connectivity index (χ2n) is 4.79. The molecule has 6 nitrogen and oxygen atoms in total. The normalized spacial score (nSPS) is 11.1. The van der Waals surface area contributed by atoms with E-state index >= 15 is 0 Å². The van der Waals surface area contributed by atoms with Crippen LogP contribution in [0, 0.1) is 0 Å². The molecule has 122 valence electrons. The summed E-state index contributed by atoms with van der Waals surface area (Å²) < 4.78 is 6.77. The van der Waals surface area contributed by atoms with Crippen molar-refractivity contribution < 1.29 is 9.53 Å². The summed E-state index contributed by atoms with van der Waals surface area (Å²) in [5.41, 5.74) is 0.754. The van der Waals surface area contributed by atoms with Gasteiger partial charge in [0.15, 0.2) is 12.4 Å². The maximum absolute atomic E-state index is 11.7. The third-order valence-electron chi connectivity index (χ3n) is 3.03. The fourth-order valence-electron chi connectivity index (χ4n) is 1.77. The first-order valence-corrected chi connectivity index (χ1v) is 7.90. The number of carbonyl (C=O) groups is 1. The molecule has 0 saturated carbocycles. The minimum Gasteiger partial charge on any atom is -0.454 e. The first-order valence-electron chi connectivity index (χ1n) is 7.15. The van der Waals surface area contributed by atoms with Gasteiger partial charge in [-0.3, -0.25) is 0 Å². The van der Waals surface area contributed by atoms with E-state index in [0.717, 1.165) is 18.4 Å². The Morgan fingerprint density at radius 3 is 2.91 bits per heavy atom. The second-order valence-corrected chi connectivity index (χ2v) is 5.60. The highest BCUT2D eigenvalue weighted by Crippen LogP contribution is 2.23. The summed E-state index contributed by atoms with van der Waals surface area (Å²) in [5.74, 6) is 0.0378. The molecule has 1 aromatic heterocycles. The summed E-state index contributed by atoms with van der Waals surface area (Å²) in [6.45, 7) is 2.81. The Labute approximate surface area is 144 Å². The average molecular weight is 355 g/mol. The zero-order valence-electron chi connectivity index (χ0n) is 12.6. The van der Waals surface area contributed by atoms with Crippen LogP contribution >= 0.6 is 23.2 Å². The number of ether oxygens (including phenoxy) is 1. The van der Waals surface area contributed by atoms with Crippen LogP contribution < -0.4 is 0 Å². The number of aryl methyl sites for hydroxylation is 1. The van der Waals surface area contributed by atoms with Crippen LogP contribution in [-0.2, 0) is 22.7 Å². The number of halogens is 2. The third-order valence-corrected chi connectivity index (χ3v) is 3.77. The van der Waals surface area contributed by atoms with Crippen molar-refractivity contribution in [3.8, 4) is 0 Å². The SMILES string of the molecule is CCCCn1nnnc1COC(=O)/C=C/c1ccc(Cl)c(Cl)c1. The Hall–Kier alpha value is -1.92.